The second kappa shape index (κ2) is 7.31. The van der Waals surface area contributed by atoms with Crippen molar-refractivity contribution in [1.82, 2.24) is 15.1 Å². The minimum atomic E-state index is -1.01. The Morgan fingerprint density at radius 2 is 1.59 bits per heavy atom. The number of hydrogen-bond donors (Lipinski definition) is 1. The second-order valence-corrected chi connectivity index (χ2v) is 7.88. The maximum atomic E-state index is 13.2. The molecule has 1 N–H and O–H groups in total. The third kappa shape index (κ3) is 3.44. The van der Waals surface area contributed by atoms with Crippen LogP contribution in [0.3, 0.4) is 0 Å². The molecular formula is C22H27N3O2. The van der Waals surface area contributed by atoms with E-state index in [2.05, 4.69) is 10.2 Å². The first kappa shape index (κ1) is 18.0. The van der Waals surface area contributed by atoms with E-state index in [4.69, 9.17) is 0 Å². The Bertz CT molecular complexity index is 858. The molecule has 5 heteroatoms. The number of carbonyl (C=O) groups excluding carboxylic acids is 2. The number of benzene rings is 2. The van der Waals surface area contributed by atoms with Crippen LogP contribution in [0.4, 0.5) is 4.79 Å². The summed E-state index contributed by atoms with van der Waals surface area (Å²) in [7, 11) is 0. The van der Waals surface area contributed by atoms with Gasteiger partial charge in [-0.2, -0.15) is 0 Å². The van der Waals surface area contributed by atoms with Crippen molar-refractivity contribution >= 4 is 22.7 Å². The van der Waals surface area contributed by atoms with E-state index in [1.165, 1.54) is 24.2 Å². The highest BCUT2D eigenvalue weighted by atomic mass is 16.2. The lowest BCUT2D eigenvalue weighted by Gasteiger charge is -2.28. The molecule has 142 valence electrons. The number of fused-ring (bicyclic) bond motifs is 1. The largest absolute Gasteiger partial charge is 0.326 e. The third-order valence-corrected chi connectivity index (χ3v) is 5.89. The molecule has 2 fully saturated rings. The lowest BCUT2D eigenvalue weighted by Crippen LogP contribution is -2.44. The molecule has 0 unspecified atom stereocenters. The van der Waals surface area contributed by atoms with Crippen molar-refractivity contribution < 1.29 is 9.59 Å². The normalized spacial score (nSPS) is 24.7. The maximum absolute atomic E-state index is 13.2. The summed E-state index contributed by atoms with van der Waals surface area (Å²) >= 11 is 0. The topological polar surface area (TPSA) is 52.7 Å². The Labute approximate surface area is 160 Å². The molecule has 0 aliphatic carbocycles. The van der Waals surface area contributed by atoms with Crippen molar-refractivity contribution in [3.8, 4) is 0 Å². The fourth-order valence-corrected chi connectivity index (χ4v) is 4.18. The van der Waals surface area contributed by atoms with Crippen LogP contribution in [0.25, 0.3) is 10.8 Å². The summed E-state index contributed by atoms with van der Waals surface area (Å²) in [6, 6.07) is 13.7. The Morgan fingerprint density at radius 1 is 0.926 bits per heavy atom. The molecule has 0 bridgehead atoms. The maximum Gasteiger partial charge on any atom is 0.326 e. The van der Waals surface area contributed by atoms with Crippen molar-refractivity contribution in [2.75, 3.05) is 19.8 Å². The van der Waals surface area contributed by atoms with E-state index in [1.807, 2.05) is 49.4 Å². The van der Waals surface area contributed by atoms with Crippen molar-refractivity contribution in [1.29, 1.82) is 0 Å². The highest BCUT2D eigenvalue weighted by Crippen LogP contribution is 2.31. The fraction of sp³-hybridized carbons (Fsp3) is 0.455. The van der Waals surface area contributed by atoms with Crippen molar-refractivity contribution in [2.45, 2.75) is 44.6 Å². The number of urea groups is 1. The summed E-state index contributed by atoms with van der Waals surface area (Å²) in [6.07, 6.45) is 6.01. The molecule has 2 heterocycles. The van der Waals surface area contributed by atoms with Gasteiger partial charge in [0.25, 0.3) is 5.91 Å². The second-order valence-electron chi connectivity index (χ2n) is 7.88. The van der Waals surface area contributed by atoms with Crippen molar-refractivity contribution in [2.24, 2.45) is 0 Å². The smallest absolute Gasteiger partial charge is 0.319 e. The van der Waals surface area contributed by atoms with E-state index >= 15 is 0 Å². The number of imide groups is 1. The summed E-state index contributed by atoms with van der Waals surface area (Å²) in [6.45, 7) is 4.09. The summed E-state index contributed by atoms with van der Waals surface area (Å²) in [5.41, 5.74) is -0.182. The average Bonchev–Trinajstić information content (AvgIpc) is 2.87. The highest BCUT2D eigenvalue weighted by Gasteiger charge is 2.49. The molecule has 0 radical (unpaired) electrons. The minimum absolute atomic E-state index is 0.162. The van der Waals surface area contributed by atoms with Gasteiger partial charge in [0.15, 0.2) is 0 Å². The van der Waals surface area contributed by atoms with Crippen LogP contribution < -0.4 is 5.32 Å². The molecule has 27 heavy (non-hydrogen) atoms. The van der Waals surface area contributed by atoms with Gasteiger partial charge in [-0.1, -0.05) is 55.7 Å². The molecule has 2 aliphatic rings. The van der Waals surface area contributed by atoms with Gasteiger partial charge in [0, 0.05) is 0 Å². The SMILES string of the molecule is C[C@]1(c2ccc3ccccc3c2)NC(=O)N(CN2CCCCCCC2)C1=O. The number of amides is 3. The van der Waals surface area contributed by atoms with Crippen LogP contribution in [-0.4, -0.2) is 41.5 Å². The van der Waals surface area contributed by atoms with Gasteiger partial charge in [-0.25, -0.2) is 9.69 Å². The zero-order valence-electron chi connectivity index (χ0n) is 15.9. The summed E-state index contributed by atoms with van der Waals surface area (Å²) in [4.78, 5) is 29.5. The number of nitrogens with one attached hydrogen (secondary N) is 1. The number of carbonyl (C=O) groups is 2. The molecular weight excluding hydrogens is 338 g/mol. The summed E-state index contributed by atoms with van der Waals surface area (Å²) < 4.78 is 0. The van der Waals surface area contributed by atoms with Gasteiger partial charge in [0.2, 0.25) is 0 Å². The van der Waals surface area contributed by atoms with Crippen LogP contribution in [-0.2, 0) is 10.3 Å². The van der Waals surface area contributed by atoms with Crippen LogP contribution in [0, 0.1) is 0 Å². The first-order valence-corrected chi connectivity index (χ1v) is 9.94. The van der Waals surface area contributed by atoms with Crippen molar-refractivity contribution in [3.05, 3.63) is 48.0 Å². The zero-order valence-corrected chi connectivity index (χ0v) is 15.9. The van der Waals surface area contributed by atoms with E-state index in [9.17, 15) is 9.59 Å². The standard InChI is InChI=1S/C22H27N3O2/c1-22(19-12-11-17-9-5-6-10-18(17)15-19)20(26)25(21(27)23-22)16-24-13-7-3-2-4-8-14-24/h5-6,9-12,15H,2-4,7-8,13-14,16H2,1H3,(H,23,27)/t22-/m1/s1. The van der Waals surface area contributed by atoms with Crippen LogP contribution in [0.5, 0.6) is 0 Å². The highest BCUT2D eigenvalue weighted by molar-refractivity contribution is 6.07. The molecule has 0 spiro atoms. The molecule has 0 saturated carbocycles. The van der Waals surface area contributed by atoms with Crippen LogP contribution in [0.2, 0.25) is 0 Å². The molecule has 4 rings (SSSR count). The molecule has 3 amide bonds. The minimum Gasteiger partial charge on any atom is -0.319 e. The van der Waals surface area contributed by atoms with Crippen LogP contribution in [0.15, 0.2) is 42.5 Å². The predicted octanol–water partition coefficient (Wildman–Crippen LogP) is 3.83. The van der Waals surface area contributed by atoms with Crippen molar-refractivity contribution in [3.63, 3.8) is 0 Å². The Morgan fingerprint density at radius 3 is 2.33 bits per heavy atom. The molecule has 5 nitrogen and oxygen atoms in total. The van der Waals surface area contributed by atoms with Gasteiger partial charge in [-0.3, -0.25) is 9.69 Å². The van der Waals surface area contributed by atoms with Gasteiger partial charge < -0.3 is 5.32 Å². The van der Waals surface area contributed by atoms with Gasteiger partial charge in [0.05, 0.1) is 6.67 Å². The van der Waals surface area contributed by atoms with Gasteiger partial charge in [-0.05, 0) is 55.3 Å². The predicted molar refractivity (Wildman–Crippen MR) is 106 cm³/mol. The van der Waals surface area contributed by atoms with E-state index in [0.29, 0.717) is 6.67 Å². The fourth-order valence-electron chi connectivity index (χ4n) is 4.18. The Balaban J connectivity index is 1.56. The molecule has 2 aromatic rings. The van der Waals surface area contributed by atoms with Gasteiger partial charge >= 0.3 is 6.03 Å². The number of hydrogen-bond acceptors (Lipinski definition) is 3. The Hall–Kier alpha value is -2.40. The average molecular weight is 365 g/mol. The summed E-state index contributed by atoms with van der Waals surface area (Å²) in [5.74, 6) is -0.162. The van der Waals surface area contributed by atoms with Crippen LogP contribution in [0.1, 0.15) is 44.6 Å². The number of rotatable bonds is 3. The van der Waals surface area contributed by atoms with E-state index in [0.717, 1.165) is 42.3 Å². The van der Waals surface area contributed by atoms with Gasteiger partial charge in [-0.15, -0.1) is 0 Å². The molecule has 2 aromatic carbocycles. The molecule has 1 atom stereocenters. The van der Waals surface area contributed by atoms with E-state index in [-0.39, 0.29) is 11.9 Å². The van der Waals surface area contributed by atoms with Crippen LogP contribution >= 0.6 is 0 Å². The van der Waals surface area contributed by atoms with E-state index in [1.54, 1.807) is 0 Å². The van der Waals surface area contributed by atoms with E-state index < -0.39 is 5.54 Å². The molecule has 0 aromatic heterocycles. The Kier molecular flexibility index (Phi) is 4.87. The quantitative estimate of drug-likeness (QED) is 0.841. The molecule has 2 aliphatic heterocycles. The summed E-state index contributed by atoms with van der Waals surface area (Å²) in [5, 5.41) is 5.13. The monoisotopic (exact) mass is 365 g/mol. The number of nitrogens with zero attached hydrogens (tertiary/aromatic N) is 2. The third-order valence-electron chi connectivity index (χ3n) is 5.89. The van der Waals surface area contributed by atoms with Gasteiger partial charge in [0.1, 0.15) is 5.54 Å². The lowest BCUT2D eigenvalue weighted by atomic mass is 9.90. The zero-order chi connectivity index (χ0) is 18.9. The first-order valence-electron chi connectivity index (χ1n) is 9.94. The lowest BCUT2D eigenvalue weighted by molar-refractivity contribution is -0.132. The molecule has 2 saturated heterocycles. The first-order chi connectivity index (χ1) is 13.1. The number of likely N-dealkylation sites (tertiary alicyclic amines) is 1.